The minimum Gasteiger partial charge on any atom is -0.324 e. The largest absolute Gasteiger partial charge is 0.355 e. The number of aryl methyl sites for hydroxylation is 2. The summed E-state index contributed by atoms with van der Waals surface area (Å²) in [5, 5.41) is 12.0. The monoisotopic (exact) mass is 545 g/mol. The van der Waals surface area contributed by atoms with Crippen molar-refractivity contribution >= 4 is 34.1 Å². The van der Waals surface area contributed by atoms with Crippen molar-refractivity contribution in [2.24, 2.45) is 14.1 Å². The van der Waals surface area contributed by atoms with Crippen molar-refractivity contribution in [3.05, 3.63) is 91.1 Å². The highest BCUT2D eigenvalue weighted by atomic mass is 35.5. The Morgan fingerprint density at radius 1 is 0.974 bits per heavy atom. The van der Waals surface area contributed by atoms with Gasteiger partial charge in [-0.25, -0.2) is 32.3 Å². The minimum absolute atomic E-state index is 0.143. The first kappa shape index (κ1) is 25.2. The molecule has 5 aromatic rings. The SMILES string of the molecule is Cc1c(F)cc(Cn2c(Nc3cc4cn(C)nc4cc3Cl)nc(=O)n(Cc3ncn(C)n3)c2=O)c(F)c1F. The van der Waals surface area contributed by atoms with Crippen LogP contribution in [0.2, 0.25) is 5.02 Å². The van der Waals surface area contributed by atoms with Gasteiger partial charge in [0.1, 0.15) is 12.1 Å². The van der Waals surface area contributed by atoms with E-state index >= 15 is 0 Å². The average molecular weight is 546 g/mol. The molecule has 3 aromatic heterocycles. The van der Waals surface area contributed by atoms with Gasteiger partial charge in [-0.3, -0.25) is 13.9 Å². The molecule has 196 valence electrons. The second-order valence-electron chi connectivity index (χ2n) is 8.60. The van der Waals surface area contributed by atoms with Gasteiger partial charge in [0, 0.05) is 36.8 Å². The normalized spacial score (nSPS) is 11.4. The number of aromatic nitrogens is 8. The van der Waals surface area contributed by atoms with Crippen LogP contribution in [-0.4, -0.2) is 38.7 Å². The highest BCUT2D eigenvalue weighted by molar-refractivity contribution is 6.34. The topological polar surface area (TPSA) is 117 Å². The van der Waals surface area contributed by atoms with Crippen LogP contribution in [0.25, 0.3) is 10.9 Å². The third kappa shape index (κ3) is 4.53. The van der Waals surface area contributed by atoms with E-state index in [1.807, 2.05) is 0 Å². The Hall–Kier alpha value is -4.46. The summed E-state index contributed by atoms with van der Waals surface area (Å²) in [5.74, 6) is -3.89. The number of hydrogen-bond acceptors (Lipinski definition) is 7. The number of halogens is 4. The standard InChI is InChI=1S/C23H19ClF3N9O2/c1-11-15(25)4-13(20(27)19(11)26)8-35-21(29-17-5-12-7-33(2)31-16(12)6-14(17)24)30-22(37)36(23(35)38)9-18-28-10-34(3)32-18/h4-7,10H,8-9H2,1-3H3,(H,29,30,37). The van der Waals surface area contributed by atoms with Gasteiger partial charge in [-0.1, -0.05) is 11.6 Å². The van der Waals surface area contributed by atoms with Crippen LogP contribution >= 0.6 is 11.6 Å². The van der Waals surface area contributed by atoms with Gasteiger partial charge >= 0.3 is 11.4 Å². The fraction of sp³-hybridized carbons (Fsp3) is 0.217. The molecule has 0 fully saturated rings. The number of hydrogen-bond donors (Lipinski definition) is 1. The van der Waals surface area contributed by atoms with E-state index in [1.165, 1.54) is 11.0 Å². The van der Waals surface area contributed by atoms with Crippen molar-refractivity contribution in [1.29, 1.82) is 0 Å². The maximum absolute atomic E-state index is 14.8. The summed E-state index contributed by atoms with van der Waals surface area (Å²) in [6.07, 6.45) is 3.11. The molecule has 0 amide bonds. The van der Waals surface area contributed by atoms with Crippen molar-refractivity contribution in [2.45, 2.75) is 20.0 Å². The summed E-state index contributed by atoms with van der Waals surface area (Å²) in [6, 6.07) is 3.98. The van der Waals surface area contributed by atoms with Gasteiger partial charge < -0.3 is 5.32 Å². The summed E-state index contributed by atoms with van der Waals surface area (Å²) in [7, 11) is 3.33. The molecular formula is C23H19ClF3N9O2. The van der Waals surface area contributed by atoms with E-state index in [-0.39, 0.29) is 29.0 Å². The van der Waals surface area contributed by atoms with Crippen molar-refractivity contribution in [3.63, 3.8) is 0 Å². The first-order chi connectivity index (χ1) is 18.0. The molecule has 15 heteroatoms. The third-order valence-electron chi connectivity index (χ3n) is 5.84. The van der Waals surface area contributed by atoms with Gasteiger partial charge in [0.25, 0.3) is 0 Å². The molecule has 0 unspecified atom stereocenters. The van der Waals surface area contributed by atoms with Crippen molar-refractivity contribution < 1.29 is 13.2 Å². The number of nitrogens with one attached hydrogen (secondary N) is 1. The molecule has 3 heterocycles. The Morgan fingerprint density at radius 3 is 2.45 bits per heavy atom. The summed E-state index contributed by atoms with van der Waals surface area (Å²) < 4.78 is 47.9. The zero-order chi connectivity index (χ0) is 27.3. The van der Waals surface area contributed by atoms with Gasteiger partial charge in [0.2, 0.25) is 5.95 Å². The van der Waals surface area contributed by atoms with E-state index in [2.05, 4.69) is 25.5 Å². The number of rotatable bonds is 6. The maximum atomic E-state index is 14.8. The molecule has 0 radical (unpaired) electrons. The molecule has 0 atom stereocenters. The zero-order valence-corrected chi connectivity index (χ0v) is 21.0. The summed E-state index contributed by atoms with van der Waals surface area (Å²) in [4.78, 5) is 34.3. The Morgan fingerprint density at radius 2 is 1.74 bits per heavy atom. The highest BCUT2D eigenvalue weighted by Crippen LogP contribution is 2.29. The first-order valence-electron chi connectivity index (χ1n) is 11.1. The van der Waals surface area contributed by atoms with Gasteiger partial charge in [0.05, 0.1) is 29.3 Å². The molecule has 2 aromatic carbocycles. The van der Waals surface area contributed by atoms with E-state index in [0.717, 1.165) is 22.1 Å². The van der Waals surface area contributed by atoms with Crippen LogP contribution in [0.5, 0.6) is 0 Å². The molecule has 0 aliphatic carbocycles. The molecule has 0 spiro atoms. The number of nitrogens with zero attached hydrogens (tertiary/aromatic N) is 8. The highest BCUT2D eigenvalue weighted by Gasteiger charge is 2.21. The minimum atomic E-state index is -1.38. The molecule has 0 aliphatic heterocycles. The van der Waals surface area contributed by atoms with Crippen molar-refractivity contribution in [1.82, 2.24) is 38.7 Å². The van der Waals surface area contributed by atoms with Crippen LogP contribution in [0.1, 0.15) is 17.0 Å². The summed E-state index contributed by atoms with van der Waals surface area (Å²) in [6.45, 7) is 0.0962. The molecule has 1 N–H and O–H groups in total. The Bertz CT molecular complexity index is 1840. The van der Waals surface area contributed by atoms with E-state index in [9.17, 15) is 22.8 Å². The second-order valence-corrected chi connectivity index (χ2v) is 9.00. The molecular weight excluding hydrogens is 527 g/mol. The van der Waals surface area contributed by atoms with Crippen LogP contribution in [-0.2, 0) is 27.2 Å². The maximum Gasteiger partial charge on any atom is 0.355 e. The molecule has 0 bridgehead atoms. The predicted octanol–water partition coefficient (Wildman–Crippen LogP) is 2.64. The first-order valence-corrected chi connectivity index (χ1v) is 11.5. The van der Waals surface area contributed by atoms with E-state index < -0.39 is 46.5 Å². The average Bonchev–Trinajstić information content (AvgIpc) is 3.44. The zero-order valence-electron chi connectivity index (χ0n) is 20.2. The lowest BCUT2D eigenvalue weighted by atomic mass is 10.1. The van der Waals surface area contributed by atoms with E-state index in [1.54, 1.807) is 37.1 Å². The van der Waals surface area contributed by atoms with Crippen molar-refractivity contribution in [3.8, 4) is 0 Å². The fourth-order valence-electron chi connectivity index (χ4n) is 3.91. The van der Waals surface area contributed by atoms with Gasteiger partial charge in [-0.2, -0.15) is 15.2 Å². The molecule has 5 rings (SSSR count). The predicted molar refractivity (Wildman–Crippen MR) is 132 cm³/mol. The number of benzene rings is 2. The van der Waals surface area contributed by atoms with Crippen LogP contribution < -0.4 is 16.7 Å². The van der Waals surface area contributed by atoms with Gasteiger partial charge in [0.15, 0.2) is 17.5 Å². The third-order valence-corrected chi connectivity index (χ3v) is 6.15. The van der Waals surface area contributed by atoms with Crippen LogP contribution in [0, 0.1) is 24.4 Å². The quantitative estimate of drug-likeness (QED) is 0.326. The lowest BCUT2D eigenvalue weighted by Gasteiger charge is -2.17. The summed E-state index contributed by atoms with van der Waals surface area (Å²) >= 11 is 6.39. The molecule has 0 aliphatic rings. The smallest absolute Gasteiger partial charge is 0.324 e. The van der Waals surface area contributed by atoms with Crippen molar-refractivity contribution in [2.75, 3.05) is 5.32 Å². The molecule has 38 heavy (non-hydrogen) atoms. The summed E-state index contributed by atoms with van der Waals surface area (Å²) in [5.41, 5.74) is -2.01. The van der Waals surface area contributed by atoms with Crippen LogP contribution in [0.15, 0.2) is 40.3 Å². The number of fused-ring (bicyclic) bond motifs is 1. The van der Waals surface area contributed by atoms with Crippen LogP contribution in [0.3, 0.4) is 0 Å². The molecule has 0 saturated carbocycles. The molecule has 11 nitrogen and oxygen atoms in total. The second kappa shape index (κ2) is 9.45. The Labute approximate surface area is 216 Å². The lowest BCUT2D eigenvalue weighted by molar-refractivity contribution is 0.469. The van der Waals surface area contributed by atoms with Crippen LogP contribution in [0.4, 0.5) is 24.8 Å². The molecule has 0 saturated heterocycles. The fourth-order valence-corrected chi connectivity index (χ4v) is 4.11. The van der Waals surface area contributed by atoms with E-state index in [0.29, 0.717) is 10.9 Å². The number of anilines is 2. The van der Waals surface area contributed by atoms with Gasteiger partial charge in [-0.05, 0) is 25.1 Å². The lowest BCUT2D eigenvalue weighted by Crippen LogP contribution is -2.43. The van der Waals surface area contributed by atoms with E-state index in [4.69, 9.17) is 11.6 Å². The Kier molecular flexibility index (Phi) is 6.26. The van der Waals surface area contributed by atoms with Gasteiger partial charge in [-0.15, -0.1) is 0 Å². The Balaban J connectivity index is 1.66.